The van der Waals surface area contributed by atoms with Crippen LogP contribution >= 0.6 is 11.3 Å². The van der Waals surface area contributed by atoms with Gasteiger partial charge in [-0.25, -0.2) is 9.97 Å². The molecule has 7 nitrogen and oxygen atoms in total. The maximum atomic E-state index is 12.4. The van der Waals surface area contributed by atoms with Crippen LogP contribution in [0.25, 0.3) is 0 Å². The number of nitrogens with one attached hydrogen (secondary N) is 1. The Kier molecular flexibility index (Phi) is 4.27. The van der Waals surface area contributed by atoms with Crippen molar-refractivity contribution >= 4 is 33.8 Å². The number of pyridine rings is 1. The summed E-state index contributed by atoms with van der Waals surface area (Å²) in [6.07, 6.45) is 1.62. The number of anilines is 3. The molecule has 2 rings (SSSR count). The lowest BCUT2D eigenvalue weighted by atomic mass is 10.3. The number of aryl methyl sites for hydroxylation is 1. The van der Waals surface area contributed by atoms with Gasteiger partial charge in [-0.2, -0.15) is 0 Å². The van der Waals surface area contributed by atoms with E-state index in [4.69, 9.17) is 10.5 Å². The maximum absolute atomic E-state index is 12.4. The smallest absolute Gasteiger partial charge is 0.267 e. The number of ether oxygens (including phenoxy) is 1. The minimum absolute atomic E-state index is 0.281. The van der Waals surface area contributed by atoms with Crippen LogP contribution in [-0.2, 0) is 0 Å². The summed E-state index contributed by atoms with van der Waals surface area (Å²) in [4.78, 5) is 22.9. The highest BCUT2D eigenvalue weighted by molar-refractivity contribution is 7.17. The molecule has 0 unspecified atom stereocenters. The Balaban J connectivity index is 2.38. The molecule has 3 N–H and O–H groups in total. The third-order valence-electron chi connectivity index (χ3n) is 2.83. The van der Waals surface area contributed by atoms with Crippen molar-refractivity contribution in [2.45, 2.75) is 6.92 Å². The van der Waals surface area contributed by atoms with Crippen LogP contribution < -0.4 is 20.7 Å². The summed E-state index contributed by atoms with van der Waals surface area (Å²) in [6, 6.07) is 1.80. The molecular weight excluding hydrogens is 290 g/mol. The molecule has 0 radical (unpaired) electrons. The first-order chi connectivity index (χ1) is 9.93. The van der Waals surface area contributed by atoms with Crippen molar-refractivity contribution in [3.63, 3.8) is 0 Å². The molecule has 0 spiro atoms. The number of thiazole rings is 1. The zero-order chi connectivity index (χ0) is 15.6. The lowest BCUT2D eigenvalue weighted by Gasteiger charge is -2.19. The minimum atomic E-state index is -0.281. The number of amides is 1. The molecule has 112 valence electrons. The lowest BCUT2D eigenvalue weighted by molar-refractivity contribution is 0.102. The number of carbonyl (C=O) groups excluding carboxylic acids is 1. The molecule has 21 heavy (non-hydrogen) atoms. The van der Waals surface area contributed by atoms with Crippen molar-refractivity contribution in [1.82, 2.24) is 9.97 Å². The standard InChI is InChI=1S/C13H17N5O2S/c1-7-10(21-13(14)16-7)11(19)17-9-8(18(2)3)5-6-15-12(9)20-4/h5-6H,1-4H3,(H2,14,16)(H,17,19). The van der Waals surface area contributed by atoms with E-state index in [0.29, 0.717) is 27.3 Å². The first-order valence-corrected chi connectivity index (χ1v) is 7.00. The summed E-state index contributed by atoms with van der Waals surface area (Å²) in [6.45, 7) is 1.75. The van der Waals surface area contributed by atoms with Crippen molar-refractivity contribution in [2.24, 2.45) is 0 Å². The van der Waals surface area contributed by atoms with Crippen LogP contribution in [-0.4, -0.2) is 37.1 Å². The SMILES string of the molecule is COc1nccc(N(C)C)c1NC(=O)c1sc(N)nc1C. The number of nitrogen functional groups attached to an aromatic ring is 1. The van der Waals surface area contributed by atoms with E-state index in [0.717, 1.165) is 17.0 Å². The van der Waals surface area contributed by atoms with Crippen molar-refractivity contribution < 1.29 is 9.53 Å². The van der Waals surface area contributed by atoms with Gasteiger partial charge in [0.1, 0.15) is 10.6 Å². The van der Waals surface area contributed by atoms with Gasteiger partial charge >= 0.3 is 0 Å². The van der Waals surface area contributed by atoms with Crippen molar-refractivity contribution in [3.05, 3.63) is 22.8 Å². The van der Waals surface area contributed by atoms with Gasteiger partial charge < -0.3 is 20.7 Å². The Morgan fingerprint density at radius 3 is 2.71 bits per heavy atom. The maximum Gasteiger partial charge on any atom is 0.267 e. The Morgan fingerprint density at radius 1 is 1.48 bits per heavy atom. The van der Waals surface area contributed by atoms with E-state index >= 15 is 0 Å². The van der Waals surface area contributed by atoms with E-state index in [2.05, 4.69) is 15.3 Å². The Bertz CT molecular complexity index is 669. The molecular formula is C13H17N5O2S. The van der Waals surface area contributed by atoms with Crippen molar-refractivity contribution in [2.75, 3.05) is 37.2 Å². The minimum Gasteiger partial charge on any atom is -0.479 e. The molecule has 0 saturated carbocycles. The third kappa shape index (κ3) is 3.05. The zero-order valence-electron chi connectivity index (χ0n) is 12.3. The molecule has 0 saturated heterocycles. The van der Waals surface area contributed by atoms with E-state index < -0.39 is 0 Å². The van der Waals surface area contributed by atoms with E-state index in [1.807, 2.05) is 19.0 Å². The Labute approximate surface area is 126 Å². The Hall–Kier alpha value is -2.35. The summed E-state index contributed by atoms with van der Waals surface area (Å²) in [5.74, 6) is 0.0702. The fraction of sp³-hybridized carbons (Fsp3) is 0.308. The predicted molar refractivity (Wildman–Crippen MR) is 84.3 cm³/mol. The van der Waals surface area contributed by atoms with Gasteiger partial charge in [0.25, 0.3) is 5.91 Å². The number of nitrogens with zero attached hydrogens (tertiary/aromatic N) is 3. The molecule has 0 atom stereocenters. The van der Waals surface area contributed by atoms with Crippen molar-refractivity contribution in [3.8, 4) is 5.88 Å². The highest BCUT2D eigenvalue weighted by Crippen LogP contribution is 2.33. The normalized spacial score (nSPS) is 10.3. The summed E-state index contributed by atoms with van der Waals surface area (Å²) in [5.41, 5.74) is 7.54. The first-order valence-electron chi connectivity index (χ1n) is 6.18. The molecule has 2 aromatic rings. The molecule has 0 aromatic carbocycles. The van der Waals surface area contributed by atoms with Crippen molar-refractivity contribution in [1.29, 1.82) is 0 Å². The number of carbonyl (C=O) groups is 1. The van der Waals surface area contributed by atoms with Gasteiger partial charge in [-0.3, -0.25) is 4.79 Å². The highest BCUT2D eigenvalue weighted by Gasteiger charge is 2.19. The summed E-state index contributed by atoms with van der Waals surface area (Å²) < 4.78 is 5.22. The van der Waals surface area contributed by atoms with Crippen LogP contribution in [0.1, 0.15) is 15.4 Å². The molecule has 1 amide bonds. The Morgan fingerprint density at radius 2 is 2.19 bits per heavy atom. The first kappa shape index (κ1) is 15.0. The molecule has 2 heterocycles. The zero-order valence-corrected chi connectivity index (χ0v) is 13.1. The van der Waals surface area contributed by atoms with Gasteiger partial charge in [0.05, 0.1) is 18.5 Å². The van der Waals surface area contributed by atoms with Crippen LogP contribution in [0.15, 0.2) is 12.3 Å². The van der Waals surface area contributed by atoms with Crippen LogP contribution in [0, 0.1) is 6.92 Å². The number of nitrogens with two attached hydrogens (primary N) is 1. The fourth-order valence-electron chi connectivity index (χ4n) is 1.88. The number of rotatable bonds is 4. The van der Waals surface area contributed by atoms with E-state index in [9.17, 15) is 4.79 Å². The number of hydrogen-bond acceptors (Lipinski definition) is 7. The average molecular weight is 307 g/mol. The highest BCUT2D eigenvalue weighted by atomic mass is 32.1. The number of methoxy groups -OCH3 is 1. The van der Waals surface area contributed by atoms with Gasteiger partial charge in [0, 0.05) is 20.3 Å². The van der Waals surface area contributed by atoms with Crippen LogP contribution in [0.2, 0.25) is 0 Å². The van der Waals surface area contributed by atoms with Crippen LogP contribution in [0.4, 0.5) is 16.5 Å². The number of aromatic nitrogens is 2. The van der Waals surface area contributed by atoms with Crippen LogP contribution in [0.3, 0.4) is 0 Å². The third-order valence-corrected chi connectivity index (χ3v) is 3.81. The number of hydrogen-bond donors (Lipinski definition) is 2. The monoisotopic (exact) mass is 307 g/mol. The second-order valence-corrected chi connectivity index (χ2v) is 5.56. The molecule has 0 aliphatic rings. The second-order valence-electron chi connectivity index (χ2n) is 4.53. The van der Waals surface area contributed by atoms with E-state index in [1.165, 1.54) is 7.11 Å². The van der Waals surface area contributed by atoms with Gasteiger partial charge in [0.2, 0.25) is 5.88 Å². The lowest BCUT2D eigenvalue weighted by Crippen LogP contribution is -2.17. The molecule has 0 fully saturated rings. The van der Waals surface area contributed by atoms with Gasteiger partial charge in [-0.15, -0.1) is 0 Å². The summed E-state index contributed by atoms with van der Waals surface area (Å²) in [7, 11) is 5.26. The fourth-order valence-corrected chi connectivity index (χ4v) is 2.61. The van der Waals surface area contributed by atoms with Gasteiger partial charge in [-0.1, -0.05) is 11.3 Å². The molecule has 0 aliphatic heterocycles. The topological polar surface area (TPSA) is 93.4 Å². The predicted octanol–water partition coefficient (Wildman–Crippen LogP) is 1.76. The quantitative estimate of drug-likeness (QED) is 0.894. The largest absolute Gasteiger partial charge is 0.479 e. The second kappa shape index (κ2) is 5.96. The van der Waals surface area contributed by atoms with Crippen LogP contribution in [0.5, 0.6) is 5.88 Å². The van der Waals surface area contributed by atoms with E-state index in [-0.39, 0.29) is 5.91 Å². The molecule has 0 bridgehead atoms. The summed E-state index contributed by atoms with van der Waals surface area (Å²) in [5, 5.41) is 3.19. The van der Waals surface area contributed by atoms with Gasteiger partial charge in [0.15, 0.2) is 5.13 Å². The molecule has 2 aromatic heterocycles. The van der Waals surface area contributed by atoms with Gasteiger partial charge in [-0.05, 0) is 13.0 Å². The van der Waals surface area contributed by atoms with E-state index in [1.54, 1.807) is 19.2 Å². The molecule has 8 heteroatoms. The summed E-state index contributed by atoms with van der Waals surface area (Å²) >= 11 is 1.15. The molecule has 0 aliphatic carbocycles. The average Bonchev–Trinajstić information content (AvgIpc) is 2.77.